The van der Waals surface area contributed by atoms with Crippen LogP contribution in [0.1, 0.15) is 49.1 Å². The molecule has 4 aromatic carbocycles. The van der Waals surface area contributed by atoms with Crippen molar-refractivity contribution < 1.29 is 28.6 Å². The molecule has 0 radical (unpaired) electrons. The molecule has 1 N–H and O–H groups in total. The molecule has 0 aliphatic carbocycles. The molecular formula is C36H37NO6. The third-order valence-corrected chi connectivity index (χ3v) is 6.77. The SMILES string of the molecule is CC(C)(C)OC(=O)N[C@@H](c1ccccc1)C(Cc1ccccc1)(C(=O)OCc1ccccc1)C(=O)OCc1ccccc1. The Balaban J connectivity index is 1.84. The van der Waals surface area contributed by atoms with E-state index in [-0.39, 0.29) is 19.6 Å². The van der Waals surface area contributed by atoms with Crippen LogP contribution >= 0.6 is 0 Å². The Labute approximate surface area is 252 Å². The summed E-state index contributed by atoms with van der Waals surface area (Å²) in [5.74, 6) is -1.66. The van der Waals surface area contributed by atoms with Crippen molar-refractivity contribution in [3.63, 3.8) is 0 Å². The molecule has 0 aliphatic rings. The highest BCUT2D eigenvalue weighted by Gasteiger charge is 2.57. The second-order valence-electron chi connectivity index (χ2n) is 11.2. The van der Waals surface area contributed by atoms with Crippen molar-refractivity contribution in [2.75, 3.05) is 0 Å². The normalized spacial score (nSPS) is 12.1. The fourth-order valence-electron chi connectivity index (χ4n) is 4.75. The number of ether oxygens (including phenoxy) is 3. The van der Waals surface area contributed by atoms with Crippen LogP contribution in [0.4, 0.5) is 4.79 Å². The molecule has 1 atom stereocenters. The van der Waals surface area contributed by atoms with Crippen LogP contribution < -0.4 is 5.32 Å². The number of nitrogens with one attached hydrogen (secondary N) is 1. The Morgan fingerprint density at radius 1 is 0.605 bits per heavy atom. The summed E-state index contributed by atoms with van der Waals surface area (Å²) in [6.45, 7) is 5.07. The Morgan fingerprint density at radius 3 is 1.42 bits per heavy atom. The molecule has 0 aromatic heterocycles. The second kappa shape index (κ2) is 14.3. The summed E-state index contributed by atoms with van der Waals surface area (Å²) in [7, 11) is 0. The lowest BCUT2D eigenvalue weighted by Gasteiger charge is -2.37. The van der Waals surface area contributed by atoms with Gasteiger partial charge in [-0.3, -0.25) is 9.59 Å². The number of rotatable bonds is 11. The van der Waals surface area contributed by atoms with Crippen LogP contribution in [0.3, 0.4) is 0 Å². The summed E-state index contributed by atoms with van der Waals surface area (Å²) < 4.78 is 17.4. The summed E-state index contributed by atoms with van der Waals surface area (Å²) in [6, 6.07) is 35.2. The number of carbonyl (C=O) groups excluding carboxylic acids is 3. The lowest BCUT2D eigenvalue weighted by molar-refractivity contribution is -0.177. The summed E-state index contributed by atoms with van der Waals surface area (Å²) in [4.78, 5) is 42.2. The Hall–Kier alpha value is -4.91. The topological polar surface area (TPSA) is 90.9 Å². The number of esters is 2. The Morgan fingerprint density at radius 2 is 1.00 bits per heavy atom. The number of amides is 1. The Kier molecular flexibility index (Phi) is 10.3. The van der Waals surface area contributed by atoms with Gasteiger partial charge in [0, 0.05) is 6.42 Å². The molecule has 4 rings (SSSR count). The number of alkyl carbamates (subject to hydrolysis) is 1. The molecule has 1 amide bonds. The molecule has 0 unspecified atom stereocenters. The molecule has 0 saturated heterocycles. The molecule has 4 aromatic rings. The van der Waals surface area contributed by atoms with Gasteiger partial charge in [-0.25, -0.2) is 4.79 Å². The number of benzene rings is 4. The van der Waals surface area contributed by atoms with Gasteiger partial charge >= 0.3 is 18.0 Å². The minimum atomic E-state index is -2.02. The van der Waals surface area contributed by atoms with Gasteiger partial charge in [-0.05, 0) is 43.0 Å². The summed E-state index contributed by atoms with van der Waals surface area (Å²) in [5.41, 5.74) is -0.157. The van der Waals surface area contributed by atoms with E-state index in [0.29, 0.717) is 11.1 Å². The lowest BCUT2D eigenvalue weighted by atomic mass is 9.72. The zero-order valence-corrected chi connectivity index (χ0v) is 24.7. The van der Waals surface area contributed by atoms with E-state index in [0.717, 1.165) is 11.1 Å². The molecule has 0 spiro atoms. The van der Waals surface area contributed by atoms with Crippen LogP contribution in [0.2, 0.25) is 0 Å². The van der Waals surface area contributed by atoms with Crippen molar-refractivity contribution in [1.82, 2.24) is 5.32 Å². The largest absolute Gasteiger partial charge is 0.460 e. The van der Waals surface area contributed by atoms with Crippen molar-refractivity contribution in [2.24, 2.45) is 5.41 Å². The van der Waals surface area contributed by atoms with Crippen molar-refractivity contribution in [2.45, 2.75) is 52.0 Å². The zero-order valence-electron chi connectivity index (χ0n) is 24.7. The van der Waals surface area contributed by atoms with Gasteiger partial charge in [-0.2, -0.15) is 0 Å². The summed E-state index contributed by atoms with van der Waals surface area (Å²) >= 11 is 0. The molecular weight excluding hydrogens is 542 g/mol. The minimum Gasteiger partial charge on any atom is -0.460 e. The standard InChI is InChI=1S/C36H37NO6/c1-35(2,3)43-34(40)37-31(30-22-14-7-15-23-30)36(24-27-16-8-4-9-17-27,32(38)41-25-28-18-10-5-11-19-28)33(39)42-26-29-20-12-6-13-21-29/h4-23,31H,24-26H2,1-3H3,(H,37,40)/t31-/m0/s1. The fourth-order valence-corrected chi connectivity index (χ4v) is 4.75. The average Bonchev–Trinajstić information content (AvgIpc) is 3.01. The number of hydrogen-bond acceptors (Lipinski definition) is 6. The average molecular weight is 580 g/mol. The molecule has 0 fully saturated rings. The van der Waals surface area contributed by atoms with Crippen molar-refractivity contribution >= 4 is 18.0 Å². The first-order valence-corrected chi connectivity index (χ1v) is 14.2. The predicted octanol–water partition coefficient (Wildman–Crippen LogP) is 6.97. The maximum absolute atomic E-state index is 14.5. The zero-order chi connectivity index (χ0) is 30.7. The van der Waals surface area contributed by atoms with E-state index in [9.17, 15) is 14.4 Å². The van der Waals surface area contributed by atoms with E-state index in [1.807, 2.05) is 97.1 Å². The van der Waals surface area contributed by atoms with Gasteiger partial charge in [0.05, 0.1) is 6.04 Å². The monoisotopic (exact) mass is 579 g/mol. The molecule has 7 nitrogen and oxygen atoms in total. The third-order valence-electron chi connectivity index (χ3n) is 6.77. The maximum atomic E-state index is 14.5. The molecule has 43 heavy (non-hydrogen) atoms. The minimum absolute atomic E-state index is 0.0733. The van der Waals surface area contributed by atoms with E-state index in [2.05, 4.69) is 5.32 Å². The van der Waals surface area contributed by atoms with Gasteiger partial charge in [0.25, 0.3) is 0 Å². The van der Waals surface area contributed by atoms with Crippen molar-refractivity contribution in [1.29, 1.82) is 0 Å². The van der Waals surface area contributed by atoms with E-state index < -0.39 is 35.1 Å². The van der Waals surface area contributed by atoms with Crippen LogP contribution in [0, 0.1) is 5.41 Å². The van der Waals surface area contributed by atoms with Gasteiger partial charge in [0.15, 0.2) is 5.41 Å². The van der Waals surface area contributed by atoms with Crippen molar-refractivity contribution in [3.05, 3.63) is 144 Å². The van der Waals surface area contributed by atoms with Crippen LogP contribution in [-0.4, -0.2) is 23.6 Å². The first-order chi connectivity index (χ1) is 20.7. The number of hydrogen-bond donors (Lipinski definition) is 1. The fraction of sp³-hybridized carbons (Fsp3) is 0.250. The smallest absolute Gasteiger partial charge is 0.408 e. The molecule has 0 bridgehead atoms. The molecule has 7 heteroatoms. The highest BCUT2D eigenvalue weighted by atomic mass is 16.6. The molecule has 0 heterocycles. The van der Waals surface area contributed by atoms with Gasteiger partial charge in [0.2, 0.25) is 0 Å². The predicted molar refractivity (Wildman–Crippen MR) is 164 cm³/mol. The van der Waals surface area contributed by atoms with Crippen molar-refractivity contribution in [3.8, 4) is 0 Å². The third kappa shape index (κ3) is 8.55. The number of carbonyl (C=O) groups is 3. The van der Waals surface area contributed by atoms with Crippen LogP contribution in [-0.2, 0) is 43.4 Å². The lowest BCUT2D eigenvalue weighted by Crippen LogP contribution is -2.54. The van der Waals surface area contributed by atoms with Crippen LogP contribution in [0.5, 0.6) is 0 Å². The maximum Gasteiger partial charge on any atom is 0.408 e. The molecule has 0 saturated carbocycles. The highest BCUT2D eigenvalue weighted by molar-refractivity contribution is 6.02. The highest BCUT2D eigenvalue weighted by Crippen LogP contribution is 2.41. The Bertz CT molecular complexity index is 1410. The van der Waals surface area contributed by atoms with E-state index >= 15 is 0 Å². The van der Waals surface area contributed by atoms with E-state index in [4.69, 9.17) is 14.2 Å². The quantitative estimate of drug-likeness (QED) is 0.117. The van der Waals surface area contributed by atoms with E-state index in [1.54, 1.807) is 45.0 Å². The molecule has 0 aliphatic heterocycles. The summed E-state index contributed by atoms with van der Waals surface area (Å²) in [5, 5.41) is 2.85. The van der Waals surface area contributed by atoms with Gasteiger partial charge in [-0.15, -0.1) is 0 Å². The van der Waals surface area contributed by atoms with Gasteiger partial charge in [0.1, 0.15) is 18.8 Å². The summed E-state index contributed by atoms with van der Waals surface area (Å²) in [6.07, 6.45) is -0.893. The van der Waals surface area contributed by atoms with Gasteiger partial charge < -0.3 is 19.5 Å². The van der Waals surface area contributed by atoms with Crippen LogP contribution in [0.25, 0.3) is 0 Å². The van der Waals surface area contributed by atoms with Crippen LogP contribution in [0.15, 0.2) is 121 Å². The van der Waals surface area contributed by atoms with E-state index in [1.165, 1.54) is 0 Å². The van der Waals surface area contributed by atoms with Gasteiger partial charge in [-0.1, -0.05) is 121 Å². The second-order valence-corrected chi connectivity index (χ2v) is 11.2. The first kappa shape index (κ1) is 31.0. The molecule has 222 valence electrons. The first-order valence-electron chi connectivity index (χ1n) is 14.2.